The molecule has 0 unspecified atom stereocenters. The Morgan fingerprint density at radius 1 is 1.15 bits per heavy atom. The number of hydrogen-bond acceptors (Lipinski definition) is 4. The minimum atomic E-state index is 0.760. The molecule has 1 aliphatic heterocycles. The van der Waals surface area contributed by atoms with Crippen molar-refractivity contribution in [2.45, 2.75) is 19.3 Å². The first-order valence-electron chi connectivity index (χ1n) is 7.43. The van der Waals surface area contributed by atoms with E-state index in [-0.39, 0.29) is 0 Å². The zero-order valence-electron chi connectivity index (χ0n) is 11.8. The fraction of sp³-hybridized carbons (Fsp3) is 0.438. The second kappa shape index (κ2) is 6.09. The number of aromatic nitrogens is 1. The highest BCUT2D eigenvalue weighted by Crippen LogP contribution is 2.23. The van der Waals surface area contributed by atoms with E-state index in [0.717, 1.165) is 35.4 Å². The first-order chi connectivity index (χ1) is 9.83. The van der Waals surface area contributed by atoms with Crippen LogP contribution >= 0.6 is 0 Å². The molecule has 4 heteroatoms. The Kier molecular flexibility index (Phi) is 4.02. The van der Waals surface area contributed by atoms with E-state index in [0.29, 0.717) is 0 Å². The zero-order valence-corrected chi connectivity index (χ0v) is 11.8. The molecule has 0 radical (unpaired) electrons. The van der Waals surface area contributed by atoms with Crippen LogP contribution in [0.15, 0.2) is 30.5 Å². The Morgan fingerprint density at radius 3 is 2.85 bits per heavy atom. The fourth-order valence-electron chi connectivity index (χ4n) is 2.85. The van der Waals surface area contributed by atoms with Gasteiger partial charge in [-0.25, -0.2) is 0 Å². The van der Waals surface area contributed by atoms with Gasteiger partial charge in [-0.3, -0.25) is 4.98 Å². The van der Waals surface area contributed by atoms with Crippen molar-refractivity contribution in [1.29, 1.82) is 0 Å². The zero-order chi connectivity index (χ0) is 13.8. The molecule has 1 aliphatic rings. The number of benzene rings is 1. The number of nitrogen functional groups attached to an aromatic ring is 1. The topological polar surface area (TPSA) is 54.2 Å². The standard InChI is InChI=1S/C16H22N4/c17-13-4-5-14-15(6-7-18-16(14)12-13)19-8-11-20-9-2-1-3-10-20/h4-7,12H,1-3,8-11,17H2,(H,18,19). The van der Waals surface area contributed by atoms with E-state index in [9.17, 15) is 0 Å². The van der Waals surface area contributed by atoms with Gasteiger partial charge in [0.15, 0.2) is 0 Å². The van der Waals surface area contributed by atoms with Gasteiger partial charge < -0.3 is 16.0 Å². The number of anilines is 2. The lowest BCUT2D eigenvalue weighted by molar-refractivity contribution is 0.237. The van der Waals surface area contributed by atoms with Crippen LogP contribution in [-0.2, 0) is 0 Å². The van der Waals surface area contributed by atoms with Gasteiger partial charge in [0.25, 0.3) is 0 Å². The third-order valence-corrected chi connectivity index (χ3v) is 3.96. The van der Waals surface area contributed by atoms with Crippen LogP contribution in [0, 0.1) is 0 Å². The number of hydrogen-bond donors (Lipinski definition) is 2. The van der Waals surface area contributed by atoms with Gasteiger partial charge in [0, 0.05) is 36.0 Å². The van der Waals surface area contributed by atoms with Crippen LogP contribution in [0.3, 0.4) is 0 Å². The summed E-state index contributed by atoms with van der Waals surface area (Å²) in [4.78, 5) is 6.91. The summed E-state index contributed by atoms with van der Waals surface area (Å²) >= 11 is 0. The predicted octanol–water partition coefficient (Wildman–Crippen LogP) is 2.71. The van der Waals surface area contributed by atoms with Gasteiger partial charge in [0.05, 0.1) is 5.52 Å². The molecule has 1 aromatic heterocycles. The first-order valence-corrected chi connectivity index (χ1v) is 7.43. The number of pyridine rings is 1. The van der Waals surface area contributed by atoms with Gasteiger partial charge in [0.2, 0.25) is 0 Å². The van der Waals surface area contributed by atoms with Crippen molar-refractivity contribution < 1.29 is 0 Å². The van der Waals surface area contributed by atoms with Gasteiger partial charge in [-0.2, -0.15) is 0 Å². The number of likely N-dealkylation sites (tertiary alicyclic amines) is 1. The Morgan fingerprint density at radius 2 is 2.00 bits per heavy atom. The lowest BCUT2D eigenvalue weighted by Crippen LogP contribution is -2.33. The van der Waals surface area contributed by atoms with E-state index in [2.05, 4.69) is 15.2 Å². The minimum Gasteiger partial charge on any atom is -0.399 e. The van der Waals surface area contributed by atoms with E-state index in [1.54, 1.807) is 0 Å². The number of piperidine rings is 1. The second-order valence-electron chi connectivity index (χ2n) is 5.46. The molecule has 4 nitrogen and oxygen atoms in total. The molecule has 1 saturated heterocycles. The number of nitrogens with two attached hydrogens (primary N) is 1. The van der Waals surface area contributed by atoms with Gasteiger partial charge in [0.1, 0.15) is 0 Å². The fourth-order valence-corrected chi connectivity index (χ4v) is 2.85. The molecule has 2 aromatic rings. The highest BCUT2D eigenvalue weighted by Gasteiger charge is 2.09. The number of nitrogens with one attached hydrogen (secondary N) is 1. The second-order valence-corrected chi connectivity index (χ2v) is 5.46. The lowest BCUT2D eigenvalue weighted by Gasteiger charge is -2.26. The molecule has 0 bridgehead atoms. The third kappa shape index (κ3) is 3.02. The Bertz CT molecular complexity index is 576. The van der Waals surface area contributed by atoms with Gasteiger partial charge in [-0.15, -0.1) is 0 Å². The van der Waals surface area contributed by atoms with E-state index in [1.807, 2.05) is 30.5 Å². The number of nitrogens with zero attached hydrogens (tertiary/aromatic N) is 2. The SMILES string of the molecule is Nc1ccc2c(NCCN3CCCCC3)ccnc2c1. The lowest BCUT2D eigenvalue weighted by atomic mass is 10.1. The van der Waals surface area contributed by atoms with Gasteiger partial charge >= 0.3 is 0 Å². The Labute approximate surface area is 120 Å². The molecule has 0 saturated carbocycles. The maximum atomic E-state index is 5.80. The van der Waals surface area contributed by atoms with Crippen LogP contribution in [0.25, 0.3) is 10.9 Å². The van der Waals surface area contributed by atoms with E-state index >= 15 is 0 Å². The van der Waals surface area contributed by atoms with Crippen LogP contribution in [0.1, 0.15) is 19.3 Å². The smallest absolute Gasteiger partial charge is 0.0743 e. The van der Waals surface area contributed by atoms with Crippen molar-refractivity contribution in [3.63, 3.8) is 0 Å². The van der Waals surface area contributed by atoms with Crippen molar-refractivity contribution in [2.75, 3.05) is 37.2 Å². The first kappa shape index (κ1) is 13.2. The number of rotatable bonds is 4. The number of fused-ring (bicyclic) bond motifs is 1. The molecular weight excluding hydrogens is 248 g/mol. The van der Waals surface area contributed by atoms with Crippen LogP contribution in [-0.4, -0.2) is 36.1 Å². The van der Waals surface area contributed by atoms with Gasteiger partial charge in [-0.05, 0) is 50.2 Å². The average Bonchev–Trinajstić information content (AvgIpc) is 2.48. The molecular formula is C16H22N4. The van der Waals surface area contributed by atoms with Crippen LogP contribution in [0.2, 0.25) is 0 Å². The van der Waals surface area contributed by atoms with E-state index in [4.69, 9.17) is 5.73 Å². The normalized spacial score (nSPS) is 16.4. The van der Waals surface area contributed by atoms with E-state index in [1.165, 1.54) is 32.4 Å². The molecule has 106 valence electrons. The maximum Gasteiger partial charge on any atom is 0.0743 e. The molecule has 20 heavy (non-hydrogen) atoms. The van der Waals surface area contributed by atoms with E-state index < -0.39 is 0 Å². The molecule has 1 fully saturated rings. The molecule has 3 N–H and O–H groups in total. The van der Waals surface area contributed by atoms with Crippen LogP contribution in [0.5, 0.6) is 0 Å². The highest BCUT2D eigenvalue weighted by molar-refractivity contribution is 5.92. The molecule has 0 spiro atoms. The molecule has 0 atom stereocenters. The summed E-state index contributed by atoms with van der Waals surface area (Å²) < 4.78 is 0. The monoisotopic (exact) mass is 270 g/mol. The van der Waals surface area contributed by atoms with Crippen molar-refractivity contribution in [1.82, 2.24) is 9.88 Å². The molecule has 3 rings (SSSR count). The molecule has 0 amide bonds. The summed E-state index contributed by atoms with van der Waals surface area (Å²) in [7, 11) is 0. The predicted molar refractivity (Wildman–Crippen MR) is 84.9 cm³/mol. The average molecular weight is 270 g/mol. The van der Waals surface area contributed by atoms with Crippen molar-refractivity contribution in [2.24, 2.45) is 0 Å². The maximum absolute atomic E-state index is 5.80. The van der Waals surface area contributed by atoms with Crippen molar-refractivity contribution in [3.05, 3.63) is 30.5 Å². The Balaban J connectivity index is 1.65. The summed E-state index contributed by atoms with van der Waals surface area (Å²) in [6.45, 7) is 4.58. The molecule has 1 aromatic carbocycles. The third-order valence-electron chi connectivity index (χ3n) is 3.96. The quantitative estimate of drug-likeness (QED) is 0.839. The van der Waals surface area contributed by atoms with Crippen molar-refractivity contribution >= 4 is 22.3 Å². The van der Waals surface area contributed by atoms with Gasteiger partial charge in [-0.1, -0.05) is 6.42 Å². The van der Waals surface area contributed by atoms with Crippen LogP contribution < -0.4 is 11.1 Å². The summed E-state index contributed by atoms with van der Waals surface area (Å²) in [5, 5.41) is 4.67. The largest absolute Gasteiger partial charge is 0.399 e. The minimum absolute atomic E-state index is 0.760. The molecule has 0 aliphatic carbocycles. The van der Waals surface area contributed by atoms with Crippen LogP contribution in [0.4, 0.5) is 11.4 Å². The summed E-state index contributed by atoms with van der Waals surface area (Å²) in [6.07, 6.45) is 5.92. The summed E-state index contributed by atoms with van der Waals surface area (Å²) in [5.41, 5.74) is 8.66. The Hall–Kier alpha value is -1.81. The molecule has 2 heterocycles. The summed E-state index contributed by atoms with van der Waals surface area (Å²) in [6, 6.07) is 7.93. The summed E-state index contributed by atoms with van der Waals surface area (Å²) in [5.74, 6) is 0. The highest BCUT2D eigenvalue weighted by atomic mass is 15.1. The van der Waals surface area contributed by atoms with Crippen molar-refractivity contribution in [3.8, 4) is 0 Å².